The molecule has 3 aromatic rings. The van der Waals surface area contributed by atoms with Crippen LogP contribution in [0.25, 0.3) is 5.82 Å². The predicted octanol–water partition coefficient (Wildman–Crippen LogP) is 4.34. The first kappa shape index (κ1) is 22.0. The molecule has 0 atom stereocenters. The Kier molecular flexibility index (Phi) is 5.57. The highest BCUT2D eigenvalue weighted by atomic mass is 19.4. The summed E-state index contributed by atoms with van der Waals surface area (Å²) in [5.41, 5.74) is 0.904. The molecule has 0 aliphatic rings. The molecule has 3 heterocycles. The number of aromatic nitrogens is 3. The Labute approximate surface area is 167 Å². The second kappa shape index (κ2) is 7.85. The molecule has 0 spiro atoms. The molecule has 0 saturated heterocycles. The summed E-state index contributed by atoms with van der Waals surface area (Å²) in [4.78, 5) is 18.9. The second-order valence-corrected chi connectivity index (χ2v) is 5.92. The number of halogens is 8. The third-order valence-electron chi connectivity index (χ3n) is 3.82. The first-order valence-electron chi connectivity index (χ1n) is 8.07. The minimum Gasteiger partial charge on any atom is -0.294 e. The zero-order valence-corrected chi connectivity index (χ0v) is 14.8. The van der Waals surface area contributed by atoms with Crippen molar-refractivity contribution in [3.63, 3.8) is 0 Å². The first-order chi connectivity index (χ1) is 14.4. The van der Waals surface area contributed by atoms with Crippen LogP contribution in [0.4, 0.5) is 40.9 Å². The van der Waals surface area contributed by atoms with Crippen molar-refractivity contribution >= 4 is 11.7 Å². The Balaban J connectivity index is 1.79. The lowest BCUT2D eigenvalue weighted by molar-refractivity contribution is -0.138. The van der Waals surface area contributed by atoms with Crippen molar-refractivity contribution < 1.29 is 39.9 Å². The fourth-order valence-electron chi connectivity index (χ4n) is 2.38. The Morgan fingerprint density at radius 3 is 2.03 bits per heavy atom. The third kappa shape index (κ3) is 4.73. The number of nitrogens with one attached hydrogen (secondary N) is 2. The number of alkyl halides is 6. The van der Waals surface area contributed by atoms with Crippen LogP contribution >= 0.6 is 0 Å². The lowest BCUT2D eigenvalue weighted by Gasteiger charge is -2.13. The molecule has 0 bridgehead atoms. The number of rotatable bonds is 4. The number of carbonyl (C=O) groups is 1. The van der Waals surface area contributed by atoms with E-state index in [9.17, 15) is 39.9 Å². The van der Waals surface area contributed by atoms with Gasteiger partial charge in [0.1, 0.15) is 5.69 Å². The molecule has 2 N–H and O–H groups in total. The number of nitrogens with zero attached hydrogens (tertiary/aromatic N) is 3. The number of hydrazine groups is 1. The van der Waals surface area contributed by atoms with Crippen LogP contribution in [0.5, 0.6) is 0 Å². The van der Waals surface area contributed by atoms with Gasteiger partial charge in [0, 0.05) is 18.6 Å². The molecule has 0 aromatic carbocycles. The zero-order chi connectivity index (χ0) is 23.0. The van der Waals surface area contributed by atoms with Crippen LogP contribution in [-0.2, 0) is 12.4 Å². The number of pyridine rings is 2. The Hall–Kier alpha value is -3.71. The molecule has 164 valence electrons. The first-order valence-corrected chi connectivity index (χ1v) is 8.07. The zero-order valence-electron chi connectivity index (χ0n) is 14.8. The number of anilines is 1. The van der Waals surface area contributed by atoms with E-state index >= 15 is 0 Å². The molecule has 0 aliphatic carbocycles. The highest BCUT2D eigenvalue weighted by Crippen LogP contribution is 2.31. The van der Waals surface area contributed by atoms with Gasteiger partial charge in [0.25, 0.3) is 5.91 Å². The van der Waals surface area contributed by atoms with Gasteiger partial charge in [-0.15, -0.1) is 0 Å². The molecule has 0 radical (unpaired) electrons. The number of carbonyl (C=O) groups excluding carboxylic acids is 1. The van der Waals surface area contributed by atoms with Gasteiger partial charge in [0.05, 0.1) is 11.1 Å². The molecular formula is C17H9F8N5O. The van der Waals surface area contributed by atoms with Gasteiger partial charge in [-0.2, -0.15) is 26.3 Å². The largest absolute Gasteiger partial charge is 0.417 e. The summed E-state index contributed by atoms with van der Waals surface area (Å²) >= 11 is 0. The van der Waals surface area contributed by atoms with Gasteiger partial charge in [0.2, 0.25) is 0 Å². The van der Waals surface area contributed by atoms with E-state index in [-0.39, 0.29) is 17.8 Å². The van der Waals surface area contributed by atoms with Crippen molar-refractivity contribution in [1.82, 2.24) is 20.0 Å². The van der Waals surface area contributed by atoms with Gasteiger partial charge in [-0.25, -0.2) is 18.7 Å². The van der Waals surface area contributed by atoms with E-state index in [1.165, 1.54) is 6.07 Å². The van der Waals surface area contributed by atoms with Crippen LogP contribution in [0.1, 0.15) is 21.6 Å². The van der Waals surface area contributed by atoms with E-state index in [0.29, 0.717) is 12.4 Å². The van der Waals surface area contributed by atoms with Crippen LogP contribution in [0.2, 0.25) is 0 Å². The number of amides is 1. The lowest BCUT2D eigenvalue weighted by Crippen LogP contribution is -2.32. The van der Waals surface area contributed by atoms with Gasteiger partial charge >= 0.3 is 12.4 Å². The normalized spacial score (nSPS) is 12.0. The summed E-state index contributed by atoms with van der Waals surface area (Å²) in [6.45, 7) is 0. The Morgan fingerprint density at radius 1 is 0.903 bits per heavy atom. The van der Waals surface area contributed by atoms with Crippen LogP contribution in [0.15, 0.2) is 42.9 Å². The van der Waals surface area contributed by atoms with E-state index in [4.69, 9.17) is 0 Å². The molecule has 0 aliphatic heterocycles. The van der Waals surface area contributed by atoms with E-state index in [0.717, 1.165) is 16.8 Å². The van der Waals surface area contributed by atoms with Crippen molar-refractivity contribution in [1.29, 1.82) is 0 Å². The topological polar surface area (TPSA) is 71.8 Å². The highest BCUT2D eigenvalue weighted by molar-refractivity contribution is 5.94. The van der Waals surface area contributed by atoms with E-state index in [2.05, 4.69) is 9.97 Å². The van der Waals surface area contributed by atoms with Crippen LogP contribution in [0, 0.1) is 11.6 Å². The summed E-state index contributed by atoms with van der Waals surface area (Å²) in [7, 11) is 0. The average molecular weight is 451 g/mol. The van der Waals surface area contributed by atoms with Gasteiger partial charge in [-0.3, -0.25) is 20.2 Å². The number of hydrogen-bond acceptors (Lipinski definition) is 4. The molecule has 3 aromatic heterocycles. The Morgan fingerprint density at radius 2 is 1.48 bits per heavy atom. The van der Waals surface area contributed by atoms with Crippen molar-refractivity contribution in [3.8, 4) is 5.82 Å². The maximum Gasteiger partial charge on any atom is 0.417 e. The maximum atomic E-state index is 14.1. The van der Waals surface area contributed by atoms with Gasteiger partial charge in [-0.05, 0) is 24.3 Å². The molecule has 3 rings (SSSR count). The fraction of sp³-hybridized carbons (Fsp3) is 0.118. The van der Waals surface area contributed by atoms with Crippen LogP contribution in [0.3, 0.4) is 0 Å². The molecule has 0 saturated carbocycles. The molecule has 1 amide bonds. The van der Waals surface area contributed by atoms with Crippen LogP contribution in [-0.4, -0.2) is 20.4 Å². The average Bonchev–Trinajstić information content (AvgIpc) is 3.14. The smallest absolute Gasteiger partial charge is 0.294 e. The molecule has 6 nitrogen and oxygen atoms in total. The van der Waals surface area contributed by atoms with Gasteiger partial charge in [0.15, 0.2) is 23.3 Å². The van der Waals surface area contributed by atoms with Crippen molar-refractivity contribution in [3.05, 3.63) is 71.3 Å². The van der Waals surface area contributed by atoms with Crippen molar-refractivity contribution in [2.75, 3.05) is 5.43 Å². The second-order valence-electron chi connectivity index (χ2n) is 5.92. The van der Waals surface area contributed by atoms with Gasteiger partial charge < -0.3 is 0 Å². The fourth-order valence-corrected chi connectivity index (χ4v) is 2.38. The Bertz CT molecular complexity index is 1120. The molecule has 0 fully saturated rings. The highest BCUT2D eigenvalue weighted by Gasteiger charge is 2.33. The SMILES string of the molecule is O=C(NNc1ncc(C(F)(F)F)cc1F)c1cccn1-c1ncc(C(F)(F)F)cc1F. The number of hydrogen-bond donors (Lipinski definition) is 2. The van der Waals surface area contributed by atoms with Crippen LogP contribution < -0.4 is 10.9 Å². The quantitative estimate of drug-likeness (QED) is 0.458. The third-order valence-corrected chi connectivity index (χ3v) is 3.82. The monoisotopic (exact) mass is 451 g/mol. The minimum atomic E-state index is -4.83. The lowest BCUT2D eigenvalue weighted by atomic mass is 10.2. The molecule has 0 unspecified atom stereocenters. The van der Waals surface area contributed by atoms with Crippen molar-refractivity contribution in [2.45, 2.75) is 12.4 Å². The van der Waals surface area contributed by atoms with E-state index < -0.39 is 52.7 Å². The van der Waals surface area contributed by atoms with E-state index in [1.54, 1.807) is 0 Å². The van der Waals surface area contributed by atoms with Gasteiger partial charge in [-0.1, -0.05) is 0 Å². The summed E-state index contributed by atoms with van der Waals surface area (Å²) < 4.78 is 104. The minimum absolute atomic E-state index is 0.158. The molecular weight excluding hydrogens is 442 g/mol. The summed E-state index contributed by atoms with van der Waals surface area (Å²) in [6, 6.07) is 2.76. The molecule has 14 heteroatoms. The maximum absolute atomic E-state index is 14.1. The summed E-state index contributed by atoms with van der Waals surface area (Å²) in [5, 5.41) is 0. The van der Waals surface area contributed by atoms with E-state index in [1.807, 2.05) is 10.9 Å². The standard InChI is InChI=1S/C17H9F8N5O/c18-10-4-8(16(20,21)22)6-26-13(10)28-29-15(31)12-2-1-3-30(12)14-11(19)5-9(7-27-14)17(23,24)25/h1-7H,(H,26,28)(H,29,31). The van der Waals surface area contributed by atoms with Crippen molar-refractivity contribution in [2.24, 2.45) is 0 Å². The summed E-state index contributed by atoms with van der Waals surface area (Å²) in [6.07, 6.45) is -7.81. The predicted molar refractivity (Wildman–Crippen MR) is 88.8 cm³/mol. The summed E-state index contributed by atoms with van der Waals surface area (Å²) in [5.74, 6) is -5.18. The molecule has 31 heavy (non-hydrogen) atoms.